The molecule has 0 bridgehead atoms. The van der Waals surface area contributed by atoms with Crippen LogP contribution in [0.25, 0.3) is 0 Å². The Balaban J connectivity index is 2.19. The maximum atomic E-state index is 9.79. The largest absolute Gasteiger partial charge is 0.396 e. The average molecular weight is 269 g/mol. The second-order valence-corrected chi connectivity index (χ2v) is 6.87. The molecule has 3 nitrogen and oxygen atoms in total. The van der Waals surface area contributed by atoms with Gasteiger partial charge >= 0.3 is 0 Å². The van der Waals surface area contributed by atoms with E-state index in [0.717, 1.165) is 23.5 Å². The molecule has 0 spiro atoms. The Hall–Kier alpha value is -0.450. The van der Waals surface area contributed by atoms with Gasteiger partial charge in [-0.15, -0.1) is 11.3 Å². The molecule has 2 rings (SSSR count). The van der Waals surface area contributed by atoms with Crippen LogP contribution in [0.4, 0.5) is 0 Å². The molecule has 1 saturated carbocycles. The summed E-state index contributed by atoms with van der Waals surface area (Å²) in [6.45, 7) is 4.22. The molecule has 1 aliphatic rings. The fourth-order valence-electron chi connectivity index (χ4n) is 3.02. The van der Waals surface area contributed by atoms with Gasteiger partial charge in [0.05, 0.1) is 23.9 Å². The number of hydrogen-bond donors (Lipinski definition) is 2. The third-order valence-electron chi connectivity index (χ3n) is 4.43. The van der Waals surface area contributed by atoms with E-state index < -0.39 is 0 Å². The predicted molar refractivity (Wildman–Crippen MR) is 73.9 cm³/mol. The molecule has 18 heavy (non-hydrogen) atoms. The van der Waals surface area contributed by atoms with Gasteiger partial charge in [-0.3, -0.25) is 0 Å². The summed E-state index contributed by atoms with van der Waals surface area (Å²) in [7, 11) is 0. The Morgan fingerprint density at radius 1 is 1.22 bits per heavy atom. The van der Waals surface area contributed by atoms with Crippen molar-refractivity contribution in [2.24, 2.45) is 11.3 Å². The summed E-state index contributed by atoms with van der Waals surface area (Å²) in [6.07, 6.45) is 5.42. The first-order chi connectivity index (χ1) is 8.61. The van der Waals surface area contributed by atoms with Crippen LogP contribution in [0.5, 0.6) is 0 Å². The lowest BCUT2D eigenvalue weighted by molar-refractivity contribution is 0.00565. The van der Waals surface area contributed by atoms with Gasteiger partial charge in [-0.05, 0) is 32.6 Å². The average Bonchev–Trinajstić information content (AvgIpc) is 2.98. The number of nitrogens with zero attached hydrogens (tertiary/aromatic N) is 1. The van der Waals surface area contributed by atoms with Gasteiger partial charge in [-0.1, -0.05) is 12.8 Å². The molecular formula is C14H23NO2S. The van der Waals surface area contributed by atoms with Gasteiger partial charge in [0.2, 0.25) is 0 Å². The van der Waals surface area contributed by atoms with Gasteiger partial charge in [0, 0.05) is 16.7 Å². The van der Waals surface area contributed by atoms with Crippen LogP contribution >= 0.6 is 11.3 Å². The Bertz CT molecular complexity index is 373. The smallest absolute Gasteiger partial charge is 0.0938 e. The van der Waals surface area contributed by atoms with Gasteiger partial charge in [-0.2, -0.15) is 0 Å². The molecule has 0 aromatic carbocycles. The normalized spacial score (nSPS) is 17.6. The number of aliphatic hydroxyl groups is 2. The summed E-state index contributed by atoms with van der Waals surface area (Å²) < 4.78 is 0. The standard InChI is InChI=1S/C14H23NO2S/c1-10-11(2)18-13(15-10)7-14(8-16,9-17)12-5-3-4-6-12/h12,16-17H,3-9H2,1-2H3. The molecule has 102 valence electrons. The zero-order valence-electron chi connectivity index (χ0n) is 11.3. The molecular weight excluding hydrogens is 246 g/mol. The van der Waals surface area contributed by atoms with Gasteiger partial charge in [0.25, 0.3) is 0 Å². The van der Waals surface area contributed by atoms with Crippen LogP contribution in [0, 0.1) is 25.2 Å². The minimum atomic E-state index is -0.368. The molecule has 0 saturated heterocycles. The van der Waals surface area contributed by atoms with Gasteiger partial charge in [0.15, 0.2) is 0 Å². The quantitative estimate of drug-likeness (QED) is 0.863. The van der Waals surface area contributed by atoms with Crippen molar-refractivity contribution < 1.29 is 10.2 Å². The summed E-state index contributed by atoms with van der Waals surface area (Å²) in [4.78, 5) is 5.80. The minimum absolute atomic E-state index is 0.0614. The van der Waals surface area contributed by atoms with E-state index >= 15 is 0 Å². The lowest BCUT2D eigenvalue weighted by Gasteiger charge is -2.35. The van der Waals surface area contributed by atoms with E-state index in [1.807, 2.05) is 6.92 Å². The maximum Gasteiger partial charge on any atom is 0.0938 e. The number of hydrogen-bond acceptors (Lipinski definition) is 4. The highest BCUT2D eigenvalue weighted by Gasteiger charge is 2.40. The van der Waals surface area contributed by atoms with E-state index in [0.29, 0.717) is 12.3 Å². The zero-order valence-corrected chi connectivity index (χ0v) is 12.1. The van der Waals surface area contributed by atoms with Crippen molar-refractivity contribution in [3.8, 4) is 0 Å². The molecule has 1 fully saturated rings. The van der Waals surface area contributed by atoms with Crippen molar-refractivity contribution in [1.82, 2.24) is 4.98 Å². The van der Waals surface area contributed by atoms with Gasteiger partial charge < -0.3 is 10.2 Å². The van der Waals surface area contributed by atoms with Crippen molar-refractivity contribution >= 4 is 11.3 Å². The van der Waals surface area contributed by atoms with Crippen LogP contribution in [-0.2, 0) is 6.42 Å². The third kappa shape index (κ3) is 2.60. The Kier molecular flexibility index (Phi) is 4.41. The number of aromatic nitrogens is 1. The Labute approximate surface area is 113 Å². The molecule has 0 unspecified atom stereocenters. The second kappa shape index (κ2) is 5.68. The molecule has 2 N–H and O–H groups in total. The number of aliphatic hydroxyl groups excluding tert-OH is 2. The summed E-state index contributed by atoms with van der Waals surface area (Å²) in [5.74, 6) is 0.442. The van der Waals surface area contributed by atoms with Crippen molar-refractivity contribution in [2.45, 2.75) is 46.0 Å². The maximum absolute atomic E-state index is 9.79. The van der Waals surface area contributed by atoms with Crippen LogP contribution in [-0.4, -0.2) is 28.4 Å². The Morgan fingerprint density at radius 3 is 2.28 bits per heavy atom. The third-order valence-corrected chi connectivity index (χ3v) is 5.50. The molecule has 0 aliphatic heterocycles. The Morgan fingerprint density at radius 2 is 1.83 bits per heavy atom. The fourth-order valence-corrected chi connectivity index (χ4v) is 4.11. The van der Waals surface area contributed by atoms with Gasteiger partial charge in [-0.25, -0.2) is 4.98 Å². The summed E-state index contributed by atoms with van der Waals surface area (Å²) in [5, 5.41) is 20.6. The minimum Gasteiger partial charge on any atom is -0.396 e. The first kappa shape index (κ1) is 14.0. The zero-order chi connectivity index (χ0) is 13.2. The highest BCUT2D eigenvalue weighted by atomic mass is 32.1. The second-order valence-electron chi connectivity index (χ2n) is 5.59. The monoisotopic (exact) mass is 269 g/mol. The van der Waals surface area contributed by atoms with Crippen molar-refractivity contribution in [2.75, 3.05) is 13.2 Å². The molecule has 0 amide bonds. The van der Waals surface area contributed by atoms with E-state index in [1.165, 1.54) is 17.7 Å². The SMILES string of the molecule is Cc1nc(CC(CO)(CO)C2CCCC2)sc1C. The number of aryl methyl sites for hydroxylation is 2. The molecule has 1 aromatic rings. The summed E-state index contributed by atoms with van der Waals surface area (Å²) >= 11 is 1.70. The molecule has 1 heterocycles. The van der Waals surface area contributed by atoms with Crippen molar-refractivity contribution in [3.63, 3.8) is 0 Å². The van der Waals surface area contributed by atoms with E-state index in [2.05, 4.69) is 11.9 Å². The van der Waals surface area contributed by atoms with Crippen LogP contribution in [0.15, 0.2) is 0 Å². The summed E-state index contributed by atoms with van der Waals surface area (Å²) in [6, 6.07) is 0. The number of thiazole rings is 1. The molecule has 0 radical (unpaired) electrons. The lowest BCUT2D eigenvalue weighted by Crippen LogP contribution is -2.39. The topological polar surface area (TPSA) is 53.4 Å². The predicted octanol–water partition coefficient (Wildman–Crippen LogP) is 2.46. The van der Waals surface area contributed by atoms with Crippen LogP contribution in [0.3, 0.4) is 0 Å². The first-order valence-corrected chi connectivity index (χ1v) is 7.57. The van der Waals surface area contributed by atoms with Gasteiger partial charge in [0.1, 0.15) is 0 Å². The fraction of sp³-hybridized carbons (Fsp3) is 0.786. The van der Waals surface area contributed by atoms with Crippen LogP contribution < -0.4 is 0 Å². The van der Waals surface area contributed by atoms with E-state index in [4.69, 9.17) is 0 Å². The molecule has 0 atom stereocenters. The van der Waals surface area contributed by atoms with Crippen molar-refractivity contribution in [1.29, 1.82) is 0 Å². The van der Waals surface area contributed by atoms with E-state index in [9.17, 15) is 10.2 Å². The number of rotatable bonds is 5. The highest BCUT2D eigenvalue weighted by molar-refractivity contribution is 7.11. The highest BCUT2D eigenvalue weighted by Crippen LogP contribution is 2.42. The first-order valence-electron chi connectivity index (χ1n) is 6.76. The molecule has 1 aromatic heterocycles. The molecule has 4 heteroatoms. The van der Waals surface area contributed by atoms with Crippen LogP contribution in [0.1, 0.15) is 41.3 Å². The summed E-state index contributed by atoms with van der Waals surface area (Å²) in [5.41, 5.74) is 0.707. The molecule has 1 aliphatic carbocycles. The van der Waals surface area contributed by atoms with Crippen molar-refractivity contribution in [3.05, 3.63) is 15.6 Å². The van der Waals surface area contributed by atoms with Crippen LogP contribution in [0.2, 0.25) is 0 Å². The van der Waals surface area contributed by atoms with E-state index in [-0.39, 0.29) is 18.6 Å². The van der Waals surface area contributed by atoms with E-state index in [1.54, 1.807) is 11.3 Å². The lowest BCUT2D eigenvalue weighted by atomic mass is 9.73.